The highest BCUT2D eigenvalue weighted by atomic mass is 16.6. The molecule has 3 aliphatic heterocycles. The quantitative estimate of drug-likeness (QED) is 0.196. The molecule has 4 heterocycles. The molecule has 0 radical (unpaired) electrons. The van der Waals surface area contributed by atoms with Gasteiger partial charge in [-0.05, 0) is 42.0 Å². The Morgan fingerprint density at radius 1 is 1.20 bits per heavy atom. The van der Waals surface area contributed by atoms with Gasteiger partial charge in [-0.15, -0.1) is 0 Å². The molecule has 246 valence electrons. The van der Waals surface area contributed by atoms with Gasteiger partial charge in [0.1, 0.15) is 24.4 Å². The molecule has 12 atom stereocenters. The largest absolute Gasteiger partial charge is 0.472 e. The molecule has 2 aliphatic carbocycles. The Balaban J connectivity index is 1.59. The zero-order valence-electron chi connectivity index (χ0n) is 26.2. The van der Waals surface area contributed by atoms with E-state index in [1.807, 2.05) is 20.8 Å². The number of hydrogen-bond acceptors (Lipinski definition) is 12. The van der Waals surface area contributed by atoms with Crippen molar-refractivity contribution < 1.29 is 57.5 Å². The van der Waals surface area contributed by atoms with Gasteiger partial charge in [0.25, 0.3) is 6.47 Å². The molecule has 4 fully saturated rings. The molecule has 1 aromatic rings. The first-order valence-electron chi connectivity index (χ1n) is 15.7. The van der Waals surface area contributed by atoms with Crippen LogP contribution in [0.25, 0.3) is 0 Å². The number of aliphatic hydroxyl groups is 2. The number of ether oxygens (including phenoxy) is 5. The van der Waals surface area contributed by atoms with Crippen LogP contribution in [0.1, 0.15) is 71.8 Å². The van der Waals surface area contributed by atoms with Crippen LogP contribution < -0.4 is 0 Å². The molecule has 0 spiro atoms. The van der Waals surface area contributed by atoms with Gasteiger partial charge in [0, 0.05) is 28.6 Å². The van der Waals surface area contributed by atoms with Crippen LogP contribution in [0.15, 0.2) is 34.2 Å². The van der Waals surface area contributed by atoms with Crippen LogP contribution in [0.4, 0.5) is 0 Å². The molecular formula is C33H42O12. The predicted molar refractivity (Wildman–Crippen MR) is 153 cm³/mol. The van der Waals surface area contributed by atoms with Gasteiger partial charge in [0.05, 0.1) is 44.2 Å². The number of hydrogen-bond donors (Lipinski definition) is 2. The molecule has 12 unspecified atom stereocenters. The molecule has 45 heavy (non-hydrogen) atoms. The topological polar surface area (TPSA) is 168 Å². The van der Waals surface area contributed by atoms with Gasteiger partial charge in [-0.3, -0.25) is 14.4 Å². The van der Waals surface area contributed by atoms with E-state index in [0.29, 0.717) is 24.0 Å². The Morgan fingerprint density at radius 2 is 1.96 bits per heavy atom. The Hall–Kier alpha value is -3.22. The lowest BCUT2D eigenvalue weighted by atomic mass is 9.49. The van der Waals surface area contributed by atoms with E-state index in [4.69, 9.17) is 28.1 Å². The van der Waals surface area contributed by atoms with Crippen molar-refractivity contribution in [2.24, 2.45) is 28.6 Å². The standard InChI is InChI=1S/C33H42O12/c1-6-16(2)27(38)30(39)44-29-28(43-15-34)26-18(25-20(35)9-19(32(25,29)4)17-7-8-40-12-17)13-41-22-11-24(37)45-31(3)14-42-23(36)10-21(31)33(22,26)5/h7-8,12,15-16,19-22,26-29,35,38H,6,9-11,13-14H2,1-5H3. The minimum absolute atomic E-state index is 0.0149. The zero-order valence-corrected chi connectivity index (χ0v) is 26.2. The lowest BCUT2D eigenvalue weighted by Crippen LogP contribution is -2.67. The summed E-state index contributed by atoms with van der Waals surface area (Å²) < 4.78 is 35.4. The van der Waals surface area contributed by atoms with Crippen molar-refractivity contribution in [2.45, 2.75) is 102 Å². The Morgan fingerprint density at radius 3 is 2.62 bits per heavy atom. The normalized spacial score (nSPS) is 42.1. The van der Waals surface area contributed by atoms with E-state index in [1.54, 1.807) is 26.2 Å². The van der Waals surface area contributed by atoms with Crippen molar-refractivity contribution in [3.8, 4) is 0 Å². The second kappa shape index (κ2) is 11.2. The summed E-state index contributed by atoms with van der Waals surface area (Å²) in [6.45, 7) is 9.22. The van der Waals surface area contributed by atoms with Crippen molar-refractivity contribution >= 4 is 24.4 Å². The molecule has 1 aromatic heterocycles. The number of rotatable bonds is 7. The molecule has 5 aliphatic rings. The SMILES string of the molecule is CCC(C)C(O)C(=O)OC1C(OC=O)C2C(=C3C(O)CC(c4ccoc4)C31C)COC1CC(=O)OC3(C)COC(=O)CC3C12C. The second-order valence-corrected chi connectivity index (χ2v) is 14.0. The molecular weight excluding hydrogens is 588 g/mol. The number of carbonyl (C=O) groups is 4. The first kappa shape index (κ1) is 31.7. The Bertz CT molecular complexity index is 1390. The maximum atomic E-state index is 13.6. The first-order valence-corrected chi connectivity index (χ1v) is 15.7. The van der Waals surface area contributed by atoms with Gasteiger partial charge in [-0.25, -0.2) is 4.79 Å². The average Bonchev–Trinajstić information content (AvgIpc) is 3.60. The molecule has 1 saturated carbocycles. The van der Waals surface area contributed by atoms with Crippen LogP contribution in [-0.2, 0) is 42.9 Å². The summed E-state index contributed by atoms with van der Waals surface area (Å²) in [4.78, 5) is 52.0. The molecule has 2 N–H and O–H groups in total. The molecule has 12 nitrogen and oxygen atoms in total. The average molecular weight is 631 g/mol. The molecule has 6 rings (SSSR count). The fourth-order valence-electron chi connectivity index (χ4n) is 9.32. The van der Waals surface area contributed by atoms with Crippen molar-refractivity contribution in [3.05, 3.63) is 35.3 Å². The smallest absolute Gasteiger partial charge is 0.335 e. The monoisotopic (exact) mass is 630 g/mol. The van der Waals surface area contributed by atoms with Crippen molar-refractivity contribution in [1.82, 2.24) is 0 Å². The molecule has 0 bridgehead atoms. The number of carbonyl (C=O) groups excluding carboxylic acids is 4. The number of fused-ring (bicyclic) bond motifs is 6. The van der Waals surface area contributed by atoms with Gasteiger partial charge in [0.15, 0.2) is 6.10 Å². The number of cyclic esters (lactones) is 1. The summed E-state index contributed by atoms with van der Waals surface area (Å²) in [6.07, 6.45) is -1.85. The lowest BCUT2D eigenvalue weighted by Gasteiger charge is -2.60. The predicted octanol–water partition coefficient (Wildman–Crippen LogP) is 2.59. The number of esters is 3. The third-order valence-electron chi connectivity index (χ3n) is 11.7. The third kappa shape index (κ3) is 4.66. The van der Waals surface area contributed by atoms with Gasteiger partial charge < -0.3 is 38.3 Å². The fraction of sp³-hybridized carbons (Fsp3) is 0.697. The summed E-state index contributed by atoms with van der Waals surface area (Å²) in [7, 11) is 0. The van der Waals surface area contributed by atoms with Crippen LogP contribution >= 0.6 is 0 Å². The van der Waals surface area contributed by atoms with E-state index in [9.17, 15) is 29.4 Å². The maximum absolute atomic E-state index is 13.6. The number of furan rings is 1. The second-order valence-electron chi connectivity index (χ2n) is 14.0. The zero-order chi connectivity index (χ0) is 32.5. The van der Waals surface area contributed by atoms with Crippen LogP contribution in [0.2, 0.25) is 0 Å². The van der Waals surface area contributed by atoms with E-state index in [2.05, 4.69) is 0 Å². The van der Waals surface area contributed by atoms with Crippen molar-refractivity contribution in [2.75, 3.05) is 13.2 Å². The van der Waals surface area contributed by atoms with Crippen LogP contribution in [0, 0.1) is 28.6 Å². The van der Waals surface area contributed by atoms with E-state index >= 15 is 0 Å². The van der Waals surface area contributed by atoms with Gasteiger partial charge >= 0.3 is 17.9 Å². The van der Waals surface area contributed by atoms with Gasteiger partial charge in [-0.2, -0.15) is 0 Å². The first-order chi connectivity index (χ1) is 21.3. The van der Waals surface area contributed by atoms with Gasteiger partial charge in [-0.1, -0.05) is 34.1 Å². The van der Waals surface area contributed by atoms with E-state index in [-0.39, 0.29) is 32.5 Å². The molecule has 3 saturated heterocycles. The maximum Gasteiger partial charge on any atom is 0.335 e. The molecule has 12 heteroatoms. The molecule has 0 aromatic carbocycles. The third-order valence-corrected chi connectivity index (χ3v) is 11.7. The van der Waals surface area contributed by atoms with E-state index in [0.717, 1.165) is 5.56 Å². The molecule has 0 amide bonds. The van der Waals surface area contributed by atoms with Crippen LogP contribution in [0.5, 0.6) is 0 Å². The fourth-order valence-corrected chi connectivity index (χ4v) is 9.32. The highest BCUT2D eigenvalue weighted by molar-refractivity contribution is 5.76. The minimum atomic E-state index is -1.44. The Kier molecular flexibility index (Phi) is 7.93. The van der Waals surface area contributed by atoms with Crippen molar-refractivity contribution in [1.29, 1.82) is 0 Å². The lowest BCUT2D eigenvalue weighted by molar-refractivity contribution is -0.228. The summed E-state index contributed by atoms with van der Waals surface area (Å²) in [6, 6.07) is 1.78. The van der Waals surface area contributed by atoms with Crippen LogP contribution in [0.3, 0.4) is 0 Å². The number of aliphatic hydroxyl groups excluding tert-OH is 2. The Labute approximate surface area is 261 Å². The van der Waals surface area contributed by atoms with Gasteiger partial charge in [0.2, 0.25) is 0 Å². The van der Waals surface area contributed by atoms with E-state index < -0.39 is 88.5 Å². The summed E-state index contributed by atoms with van der Waals surface area (Å²) >= 11 is 0. The highest BCUT2D eigenvalue weighted by Crippen LogP contribution is 2.67. The summed E-state index contributed by atoms with van der Waals surface area (Å²) in [5.41, 5.74) is -1.40. The summed E-state index contributed by atoms with van der Waals surface area (Å²) in [5.74, 6) is -4.09. The van der Waals surface area contributed by atoms with Crippen LogP contribution in [-0.4, -0.2) is 83.9 Å². The summed E-state index contributed by atoms with van der Waals surface area (Å²) in [5, 5.41) is 22.7. The minimum Gasteiger partial charge on any atom is -0.472 e. The van der Waals surface area contributed by atoms with Crippen molar-refractivity contribution in [3.63, 3.8) is 0 Å². The highest BCUT2D eigenvalue weighted by Gasteiger charge is 2.71. The van der Waals surface area contributed by atoms with E-state index in [1.165, 1.54) is 6.26 Å².